The quantitative estimate of drug-likeness (QED) is 0.161. The molecule has 0 saturated heterocycles. The van der Waals surface area contributed by atoms with E-state index in [4.69, 9.17) is 9.97 Å². The van der Waals surface area contributed by atoms with Gasteiger partial charge in [-0.05, 0) is 77.1 Å². The van der Waals surface area contributed by atoms with Gasteiger partial charge in [-0.3, -0.25) is 9.97 Å². The van der Waals surface area contributed by atoms with Crippen molar-refractivity contribution in [3.05, 3.63) is 152 Å². The van der Waals surface area contributed by atoms with Crippen molar-refractivity contribution in [2.24, 2.45) is 0 Å². The monoisotopic (exact) mass is 718 g/mol. The summed E-state index contributed by atoms with van der Waals surface area (Å²) in [6.45, 7) is 14.7. The molecule has 4 heterocycles. The molecule has 0 bridgehead atoms. The molecule has 4 nitrogen and oxygen atoms in total. The van der Waals surface area contributed by atoms with E-state index in [1.165, 1.54) is 49.5 Å². The average molecular weight is 719 g/mol. The van der Waals surface area contributed by atoms with Crippen LogP contribution in [-0.2, 0) is 0 Å². The SMILES string of the molecule is C[Si](C)(C)c1ccc2c(c1)N(c1ccccc1-c1ccccn1)c1cccc3c1B2c1ccc([Si](C)(C)C)cc1N3c1ccccc1-c1ccccn1. The second-order valence-corrected chi connectivity index (χ2v) is 26.5. The van der Waals surface area contributed by atoms with E-state index in [0.29, 0.717) is 0 Å². The highest BCUT2D eigenvalue weighted by atomic mass is 28.3. The molecule has 7 aromatic rings. The van der Waals surface area contributed by atoms with Gasteiger partial charge >= 0.3 is 0 Å². The number of rotatable bonds is 6. The average Bonchev–Trinajstić information content (AvgIpc) is 3.17. The van der Waals surface area contributed by atoms with E-state index >= 15 is 0 Å². The standard InChI is InChI=1S/C46H43BN4Si2/c1-52(2,3)32-24-26-36-44(30-32)50(40-20-9-7-16-34(40)38-18-11-13-28-48-38)42-22-15-23-43-46(42)47(36)37-27-25-33(53(4,5)6)31-45(37)51(43)41-21-10-8-17-35(41)39-19-12-14-29-49-39/h7-31H,1-6H3. The van der Waals surface area contributed by atoms with Crippen LogP contribution in [0.5, 0.6) is 0 Å². The summed E-state index contributed by atoms with van der Waals surface area (Å²) in [4.78, 5) is 14.8. The maximum absolute atomic E-state index is 4.85. The summed E-state index contributed by atoms with van der Waals surface area (Å²) in [6, 6.07) is 51.5. The molecule has 53 heavy (non-hydrogen) atoms. The van der Waals surface area contributed by atoms with Crippen LogP contribution < -0.4 is 36.6 Å². The van der Waals surface area contributed by atoms with E-state index in [1.54, 1.807) is 0 Å². The number of hydrogen-bond acceptors (Lipinski definition) is 4. The van der Waals surface area contributed by atoms with Crippen molar-refractivity contribution in [3.63, 3.8) is 0 Å². The van der Waals surface area contributed by atoms with E-state index < -0.39 is 16.1 Å². The lowest BCUT2D eigenvalue weighted by molar-refractivity contribution is 1.24. The normalized spacial score (nSPS) is 13.4. The zero-order chi connectivity index (χ0) is 36.5. The molecule has 0 saturated carbocycles. The first-order valence-electron chi connectivity index (χ1n) is 18.6. The summed E-state index contributed by atoms with van der Waals surface area (Å²) in [5.74, 6) is 0. The Morgan fingerprint density at radius 2 is 0.830 bits per heavy atom. The molecule has 2 aliphatic heterocycles. The highest BCUT2D eigenvalue weighted by molar-refractivity contribution is 7.00. The molecular formula is C46H43BN4Si2. The number of nitrogens with zero attached hydrogens (tertiary/aromatic N) is 4. The molecule has 2 aliphatic rings. The number of benzene rings is 5. The van der Waals surface area contributed by atoms with Crippen molar-refractivity contribution in [2.75, 3.05) is 9.80 Å². The second kappa shape index (κ2) is 12.6. The summed E-state index contributed by atoms with van der Waals surface area (Å²) in [5.41, 5.74) is 15.3. The van der Waals surface area contributed by atoms with Crippen LogP contribution in [0.1, 0.15) is 0 Å². The van der Waals surface area contributed by atoms with Gasteiger partial charge in [0.05, 0.1) is 38.9 Å². The van der Waals surface area contributed by atoms with Gasteiger partial charge in [-0.1, -0.05) is 129 Å². The molecule has 5 aromatic carbocycles. The van der Waals surface area contributed by atoms with Gasteiger partial charge in [0.25, 0.3) is 6.71 Å². The Morgan fingerprint density at radius 1 is 0.415 bits per heavy atom. The van der Waals surface area contributed by atoms with E-state index in [0.717, 1.165) is 33.9 Å². The van der Waals surface area contributed by atoms with Crippen molar-refractivity contribution >= 4 is 83.7 Å². The van der Waals surface area contributed by atoms with Crippen molar-refractivity contribution in [1.29, 1.82) is 0 Å². The molecule has 258 valence electrons. The first kappa shape index (κ1) is 33.3. The number of fused-ring (bicyclic) bond motifs is 4. The van der Waals surface area contributed by atoms with Crippen LogP contribution in [0.15, 0.2) is 152 Å². The summed E-state index contributed by atoms with van der Waals surface area (Å²) >= 11 is 0. The lowest BCUT2D eigenvalue weighted by Gasteiger charge is -2.45. The van der Waals surface area contributed by atoms with Gasteiger partial charge in [0.1, 0.15) is 0 Å². The van der Waals surface area contributed by atoms with Gasteiger partial charge in [-0.15, -0.1) is 0 Å². The Hall–Kier alpha value is -5.50. The minimum absolute atomic E-state index is 0.0640. The van der Waals surface area contributed by atoms with E-state index in [-0.39, 0.29) is 6.71 Å². The second-order valence-electron chi connectivity index (χ2n) is 16.3. The number of pyridine rings is 2. The third kappa shape index (κ3) is 5.58. The molecule has 0 radical (unpaired) electrons. The van der Waals surface area contributed by atoms with Crippen LogP contribution in [0.2, 0.25) is 39.3 Å². The van der Waals surface area contributed by atoms with Gasteiger partial charge in [-0.25, -0.2) is 0 Å². The van der Waals surface area contributed by atoms with Gasteiger partial charge in [0.2, 0.25) is 0 Å². The van der Waals surface area contributed by atoms with E-state index in [9.17, 15) is 0 Å². The van der Waals surface area contributed by atoms with Crippen LogP contribution in [-0.4, -0.2) is 32.8 Å². The van der Waals surface area contributed by atoms with Crippen LogP contribution >= 0.6 is 0 Å². The fourth-order valence-electron chi connectivity index (χ4n) is 8.19. The Labute approximate surface area is 315 Å². The number of hydrogen-bond donors (Lipinski definition) is 0. The lowest BCUT2D eigenvalue weighted by atomic mass is 9.33. The highest BCUT2D eigenvalue weighted by Gasteiger charge is 2.44. The van der Waals surface area contributed by atoms with Gasteiger partial charge in [0, 0.05) is 46.3 Å². The first-order valence-corrected chi connectivity index (χ1v) is 25.6. The topological polar surface area (TPSA) is 32.3 Å². The zero-order valence-corrected chi connectivity index (χ0v) is 33.3. The largest absolute Gasteiger partial charge is 0.311 e. The summed E-state index contributed by atoms with van der Waals surface area (Å²) in [7, 11) is -3.33. The number of anilines is 6. The molecule has 0 N–H and O–H groups in total. The van der Waals surface area contributed by atoms with E-state index in [1.807, 2.05) is 24.5 Å². The maximum Gasteiger partial charge on any atom is 0.252 e. The zero-order valence-electron chi connectivity index (χ0n) is 31.3. The molecule has 0 spiro atoms. The Morgan fingerprint density at radius 3 is 1.25 bits per heavy atom. The summed E-state index contributed by atoms with van der Waals surface area (Å²) in [5, 5.41) is 2.90. The highest BCUT2D eigenvalue weighted by Crippen LogP contribution is 2.47. The Balaban J connectivity index is 1.38. The molecule has 2 aromatic heterocycles. The van der Waals surface area contributed by atoms with Gasteiger partial charge in [-0.2, -0.15) is 0 Å². The van der Waals surface area contributed by atoms with Crippen LogP contribution in [0.25, 0.3) is 22.5 Å². The van der Waals surface area contributed by atoms with E-state index in [2.05, 4.69) is 176 Å². The number of aromatic nitrogens is 2. The molecule has 0 amide bonds. The minimum Gasteiger partial charge on any atom is -0.311 e. The minimum atomic E-state index is -1.66. The number of para-hydroxylation sites is 2. The summed E-state index contributed by atoms with van der Waals surface area (Å²) in [6.07, 6.45) is 3.78. The Bertz CT molecular complexity index is 2340. The third-order valence-electron chi connectivity index (χ3n) is 10.9. The van der Waals surface area contributed by atoms with Crippen molar-refractivity contribution in [3.8, 4) is 22.5 Å². The van der Waals surface area contributed by atoms with Crippen molar-refractivity contribution in [2.45, 2.75) is 39.3 Å². The Kier molecular flexibility index (Phi) is 7.91. The van der Waals surface area contributed by atoms with Crippen LogP contribution in [0.3, 0.4) is 0 Å². The molecule has 0 unspecified atom stereocenters. The maximum atomic E-state index is 4.85. The van der Waals surface area contributed by atoms with Crippen molar-refractivity contribution < 1.29 is 0 Å². The third-order valence-corrected chi connectivity index (χ3v) is 15.0. The predicted molar refractivity (Wildman–Crippen MR) is 233 cm³/mol. The van der Waals surface area contributed by atoms with Crippen LogP contribution in [0.4, 0.5) is 34.1 Å². The van der Waals surface area contributed by atoms with Gasteiger partial charge < -0.3 is 9.80 Å². The lowest BCUT2D eigenvalue weighted by Crippen LogP contribution is -2.62. The molecule has 0 aliphatic carbocycles. The van der Waals surface area contributed by atoms with Crippen molar-refractivity contribution in [1.82, 2.24) is 9.97 Å². The van der Waals surface area contributed by atoms with Crippen LogP contribution in [0, 0.1) is 0 Å². The molecular weight excluding hydrogens is 676 g/mol. The molecule has 0 fully saturated rings. The fraction of sp³-hybridized carbons (Fsp3) is 0.130. The molecule has 9 rings (SSSR count). The smallest absolute Gasteiger partial charge is 0.252 e. The summed E-state index contributed by atoms with van der Waals surface area (Å²) < 4.78 is 0. The molecule has 0 atom stereocenters. The first-order chi connectivity index (χ1) is 25.6. The molecule has 7 heteroatoms. The van der Waals surface area contributed by atoms with Gasteiger partial charge in [0.15, 0.2) is 0 Å². The fourth-order valence-corrected chi connectivity index (χ4v) is 10.5. The predicted octanol–water partition coefficient (Wildman–Crippen LogP) is 8.98.